The average molecular weight is 419 g/mol. The number of hydrogen-bond donors (Lipinski definition) is 0. The van der Waals surface area contributed by atoms with Crippen molar-refractivity contribution in [3.63, 3.8) is 0 Å². The summed E-state index contributed by atoms with van der Waals surface area (Å²) >= 11 is 0.935. The van der Waals surface area contributed by atoms with Crippen molar-refractivity contribution in [1.29, 1.82) is 0 Å². The molecule has 30 heavy (non-hydrogen) atoms. The molecule has 0 aromatic heterocycles. The Labute approximate surface area is 178 Å². The third-order valence-corrected chi connectivity index (χ3v) is 5.49. The van der Waals surface area contributed by atoms with E-state index in [4.69, 9.17) is 4.74 Å². The molecule has 0 spiro atoms. The van der Waals surface area contributed by atoms with E-state index in [1.165, 1.54) is 11.0 Å². The summed E-state index contributed by atoms with van der Waals surface area (Å²) in [7, 11) is 0. The molecule has 0 N–H and O–H groups in total. The maximum absolute atomic E-state index is 13.7. The van der Waals surface area contributed by atoms with Crippen LogP contribution >= 0.6 is 11.8 Å². The molecule has 1 saturated heterocycles. The first kappa shape index (κ1) is 19.9. The summed E-state index contributed by atoms with van der Waals surface area (Å²) in [5.41, 5.74) is 2.16. The topological polar surface area (TPSA) is 46.6 Å². The van der Waals surface area contributed by atoms with Crippen molar-refractivity contribution >= 4 is 29.0 Å². The second-order valence-electron chi connectivity index (χ2n) is 6.70. The number of thioether (sulfide) groups is 1. The second kappa shape index (κ2) is 8.97. The van der Waals surface area contributed by atoms with Crippen molar-refractivity contribution in [2.24, 2.45) is 0 Å². The van der Waals surface area contributed by atoms with Gasteiger partial charge in [0.2, 0.25) is 0 Å². The molecule has 3 aromatic rings. The van der Waals surface area contributed by atoms with Gasteiger partial charge in [0.25, 0.3) is 11.1 Å². The van der Waals surface area contributed by atoms with Crippen LogP contribution in [0, 0.1) is 5.82 Å². The number of carbonyl (C=O) groups is 2. The first-order valence-electron chi connectivity index (χ1n) is 9.36. The smallest absolute Gasteiger partial charge is 0.293 e. The fourth-order valence-corrected chi connectivity index (χ4v) is 3.83. The number of benzene rings is 3. The normalized spacial score (nSPS) is 15.1. The van der Waals surface area contributed by atoms with Gasteiger partial charge in [-0.25, -0.2) is 4.39 Å². The molecule has 1 aliphatic rings. The van der Waals surface area contributed by atoms with E-state index in [0.717, 1.165) is 22.9 Å². The lowest BCUT2D eigenvalue weighted by Gasteiger charge is -2.12. The minimum atomic E-state index is -0.305. The number of hydrogen-bond acceptors (Lipinski definition) is 4. The van der Waals surface area contributed by atoms with Crippen molar-refractivity contribution in [1.82, 2.24) is 4.90 Å². The summed E-state index contributed by atoms with van der Waals surface area (Å²) in [5, 5.41) is -0.278. The van der Waals surface area contributed by atoms with Gasteiger partial charge in [0.15, 0.2) is 0 Å². The number of nitrogens with zero attached hydrogens (tertiary/aromatic N) is 1. The zero-order valence-corrected chi connectivity index (χ0v) is 16.8. The van der Waals surface area contributed by atoms with E-state index in [0.29, 0.717) is 16.2 Å². The number of halogens is 1. The molecule has 4 rings (SSSR count). The number of ether oxygens (including phenoxy) is 1. The second-order valence-corrected chi connectivity index (χ2v) is 7.70. The molecule has 1 heterocycles. The molecule has 0 unspecified atom stereocenters. The van der Waals surface area contributed by atoms with Gasteiger partial charge in [0, 0.05) is 5.56 Å². The Morgan fingerprint density at radius 3 is 2.33 bits per heavy atom. The Morgan fingerprint density at radius 1 is 0.900 bits per heavy atom. The van der Waals surface area contributed by atoms with Crippen molar-refractivity contribution in [2.75, 3.05) is 0 Å². The molecule has 0 radical (unpaired) electrons. The van der Waals surface area contributed by atoms with Crippen LogP contribution in [0.1, 0.15) is 16.7 Å². The maximum Gasteiger partial charge on any atom is 0.293 e. The van der Waals surface area contributed by atoms with Crippen LogP contribution in [0.2, 0.25) is 0 Å². The number of carbonyl (C=O) groups excluding carboxylic acids is 2. The lowest BCUT2D eigenvalue weighted by molar-refractivity contribution is -0.123. The molecule has 6 heteroatoms. The van der Waals surface area contributed by atoms with E-state index in [1.54, 1.807) is 48.5 Å². The number of amides is 2. The summed E-state index contributed by atoms with van der Waals surface area (Å²) in [4.78, 5) is 26.5. The van der Waals surface area contributed by atoms with Crippen molar-refractivity contribution < 1.29 is 18.7 Å². The molecule has 1 aliphatic heterocycles. The predicted octanol–water partition coefficient (Wildman–Crippen LogP) is 5.64. The molecule has 0 aliphatic carbocycles. The van der Waals surface area contributed by atoms with Gasteiger partial charge >= 0.3 is 0 Å². The van der Waals surface area contributed by atoms with Gasteiger partial charge in [0.1, 0.15) is 18.2 Å². The summed E-state index contributed by atoms with van der Waals surface area (Å²) in [5.74, 6) is -0.0123. The molecular weight excluding hydrogens is 401 g/mol. The summed E-state index contributed by atoms with van der Waals surface area (Å²) in [6, 6.07) is 23.0. The zero-order valence-electron chi connectivity index (χ0n) is 16.0. The molecular formula is C24H18FNO3S. The van der Waals surface area contributed by atoms with Crippen molar-refractivity contribution in [2.45, 2.75) is 13.2 Å². The van der Waals surface area contributed by atoms with Crippen LogP contribution in [0.3, 0.4) is 0 Å². The molecule has 0 bridgehead atoms. The van der Waals surface area contributed by atoms with Gasteiger partial charge in [-0.05, 0) is 47.2 Å². The van der Waals surface area contributed by atoms with Crippen LogP contribution in [0.4, 0.5) is 9.18 Å². The third-order valence-electron chi connectivity index (χ3n) is 4.59. The Kier molecular flexibility index (Phi) is 5.95. The van der Waals surface area contributed by atoms with Crippen molar-refractivity contribution in [3.05, 3.63) is 106 Å². The highest BCUT2D eigenvalue weighted by atomic mass is 32.2. The highest BCUT2D eigenvalue weighted by Crippen LogP contribution is 2.33. The largest absolute Gasteiger partial charge is 0.489 e. The Balaban J connectivity index is 1.41. The van der Waals surface area contributed by atoms with E-state index in [1.807, 2.05) is 30.3 Å². The van der Waals surface area contributed by atoms with E-state index in [9.17, 15) is 14.0 Å². The average Bonchev–Trinajstić information content (AvgIpc) is 3.02. The third kappa shape index (κ3) is 4.60. The fourth-order valence-electron chi connectivity index (χ4n) is 2.99. The molecule has 0 saturated carbocycles. The van der Waals surface area contributed by atoms with E-state index in [2.05, 4.69) is 0 Å². The molecule has 1 fully saturated rings. The van der Waals surface area contributed by atoms with Crippen LogP contribution < -0.4 is 4.74 Å². The number of rotatable bonds is 6. The van der Waals surface area contributed by atoms with E-state index in [-0.39, 0.29) is 30.1 Å². The Bertz CT molecular complexity index is 1100. The number of imide groups is 1. The van der Waals surface area contributed by atoms with E-state index < -0.39 is 0 Å². The molecule has 2 amide bonds. The highest BCUT2D eigenvalue weighted by Gasteiger charge is 2.34. The molecule has 0 atom stereocenters. The summed E-state index contributed by atoms with van der Waals surface area (Å²) in [6.45, 7) is 0.385. The molecule has 150 valence electrons. The van der Waals surface area contributed by atoms with Crippen LogP contribution in [0.25, 0.3) is 6.08 Å². The lowest BCUT2D eigenvalue weighted by atomic mass is 10.2. The monoisotopic (exact) mass is 419 g/mol. The van der Waals surface area contributed by atoms with Crippen LogP contribution in [-0.2, 0) is 17.9 Å². The SMILES string of the molecule is O=C1S/C(=C\c2ccc(OCc3ccccc3F)cc2)C(=O)N1Cc1ccccc1. The molecule has 4 nitrogen and oxygen atoms in total. The summed E-state index contributed by atoms with van der Waals surface area (Å²) in [6.07, 6.45) is 1.69. The van der Waals surface area contributed by atoms with Crippen LogP contribution in [0.5, 0.6) is 5.75 Å². The van der Waals surface area contributed by atoms with Gasteiger partial charge in [-0.2, -0.15) is 0 Å². The minimum absolute atomic E-state index is 0.129. The van der Waals surface area contributed by atoms with Gasteiger partial charge in [-0.1, -0.05) is 60.7 Å². The predicted molar refractivity (Wildman–Crippen MR) is 115 cm³/mol. The van der Waals surface area contributed by atoms with E-state index >= 15 is 0 Å². The highest BCUT2D eigenvalue weighted by molar-refractivity contribution is 8.18. The van der Waals surface area contributed by atoms with Gasteiger partial charge in [0.05, 0.1) is 11.4 Å². The first-order valence-corrected chi connectivity index (χ1v) is 10.2. The fraction of sp³-hybridized carbons (Fsp3) is 0.0833. The Morgan fingerprint density at radius 2 is 1.60 bits per heavy atom. The van der Waals surface area contributed by atoms with Crippen LogP contribution in [0.15, 0.2) is 83.8 Å². The summed E-state index contributed by atoms with van der Waals surface area (Å²) < 4.78 is 19.3. The van der Waals surface area contributed by atoms with Crippen LogP contribution in [-0.4, -0.2) is 16.0 Å². The minimum Gasteiger partial charge on any atom is -0.489 e. The van der Waals surface area contributed by atoms with Gasteiger partial charge in [-0.15, -0.1) is 0 Å². The lowest BCUT2D eigenvalue weighted by Crippen LogP contribution is -2.27. The Hall–Kier alpha value is -3.38. The van der Waals surface area contributed by atoms with Gasteiger partial charge < -0.3 is 4.74 Å². The quantitative estimate of drug-likeness (QED) is 0.485. The van der Waals surface area contributed by atoms with Crippen molar-refractivity contribution in [3.8, 4) is 5.75 Å². The van der Waals surface area contributed by atoms with Gasteiger partial charge in [-0.3, -0.25) is 14.5 Å². The molecule has 3 aromatic carbocycles. The maximum atomic E-state index is 13.7. The zero-order chi connectivity index (χ0) is 20.9. The first-order chi connectivity index (χ1) is 14.6. The standard InChI is InChI=1S/C24H18FNO3S/c25-21-9-5-4-8-19(21)16-29-20-12-10-17(11-13-20)14-22-23(27)26(24(28)30-22)15-18-6-2-1-3-7-18/h1-14H,15-16H2/b22-14-.